The molecule has 7 nitrogen and oxygen atoms in total. The molecule has 0 fully saturated rings. The van der Waals surface area contributed by atoms with Crippen molar-refractivity contribution in [1.29, 1.82) is 0 Å². The molecule has 0 bridgehead atoms. The molecule has 0 aliphatic rings. The molecule has 2 heterocycles. The van der Waals surface area contributed by atoms with Crippen LogP contribution in [0.2, 0.25) is 0 Å². The molecule has 0 saturated carbocycles. The monoisotopic (exact) mass is 317 g/mol. The van der Waals surface area contributed by atoms with Gasteiger partial charge in [0.15, 0.2) is 11.4 Å². The molecule has 0 unspecified atom stereocenters. The van der Waals surface area contributed by atoms with Gasteiger partial charge in [-0.25, -0.2) is 0 Å². The van der Waals surface area contributed by atoms with Gasteiger partial charge in [-0.05, 0) is 40.8 Å². The number of tetrazole rings is 1. The number of carbonyl (C=O) groups excluding carboxylic acids is 1. The first-order chi connectivity index (χ1) is 11.8. The third-order valence-corrected chi connectivity index (χ3v) is 3.42. The molecule has 0 N–H and O–H groups in total. The number of aromatic nitrogens is 5. The van der Waals surface area contributed by atoms with Crippen molar-refractivity contribution < 1.29 is 9.53 Å². The summed E-state index contributed by atoms with van der Waals surface area (Å²) in [5.74, 6) is 0.895. The van der Waals surface area contributed by atoms with Crippen LogP contribution in [0.1, 0.15) is 15.9 Å². The minimum atomic E-state index is -0.0321. The lowest BCUT2D eigenvalue weighted by atomic mass is 10.0. The normalized spacial score (nSPS) is 10.7. The van der Waals surface area contributed by atoms with Crippen molar-refractivity contribution in [3.8, 4) is 11.6 Å². The van der Waals surface area contributed by atoms with Crippen LogP contribution >= 0.6 is 0 Å². The summed E-state index contributed by atoms with van der Waals surface area (Å²) in [5.41, 5.74) is 1.78. The van der Waals surface area contributed by atoms with E-state index in [9.17, 15) is 4.79 Å². The molecular weight excluding hydrogens is 306 g/mol. The number of hydrogen-bond acceptors (Lipinski definition) is 6. The zero-order chi connectivity index (χ0) is 16.4. The van der Waals surface area contributed by atoms with Gasteiger partial charge in [-0.3, -0.25) is 4.79 Å². The predicted octanol–water partition coefficient (Wildman–Crippen LogP) is 2.54. The van der Waals surface area contributed by atoms with Gasteiger partial charge in [-0.1, -0.05) is 30.3 Å². The number of benzene rings is 2. The fourth-order valence-corrected chi connectivity index (χ4v) is 2.24. The molecule has 0 atom stereocenters. The number of hydrogen-bond donors (Lipinski definition) is 0. The van der Waals surface area contributed by atoms with Crippen molar-refractivity contribution in [3.63, 3.8) is 0 Å². The minimum Gasteiger partial charge on any atom is -0.438 e. The number of fused-ring (bicyclic) bond motifs is 1. The second kappa shape index (κ2) is 5.88. The van der Waals surface area contributed by atoms with Crippen LogP contribution in [0.3, 0.4) is 0 Å². The van der Waals surface area contributed by atoms with Gasteiger partial charge in [0.2, 0.25) is 5.88 Å². The van der Waals surface area contributed by atoms with Crippen molar-refractivity contribution in [2.24, 2.45) is 0 Å². The number of nitrogens with zero attached hydrogens (tertiary/aromatic N) is 5. The lowest BCUT2D eigenvalue weighted by Gasteiger charge is -2.05. The number of carbonyl (C=O) groups is 1. The molecular formula is C17H11N5O2. The first-order valence-corrected chi connectivity index (χ1v) is 7.23. The number of ketones is 1. The Morgan fingerprint density at radius 2 is 1.62 bits per heavy atom. The maximum Gasteiger partial charge on any atom is 0.239 e. The Bertz CT molecular complexity index is 996. The Labute approximate surface area is 136 Å². The molecule has 24 heavy (non-hydrogen) atoms. The van der Waals surface area contributed by atoms with Gasteiger partial charge in [-0.15, -0.1) is 14.8 Å². The molecule has 0 saturated heterocycles. The van der Waals surface area contributed by atoms with E-state index in [0.717, 1.165) is 0 Å². The summed E-state index contributed by atoms with van der Waals surface area (Å²) < 4.78 is 6.94. The van der Waals surface area contributed by atoms with Gasteiger partial charge >= 0.3 is 0 Å². The van der Waals surface area contributed by atoms with Gasteiger partial charge in [0.05, 0.1) is 0 Å². The Morgan fingerprint density at radius 1 is 0.875 bits per heavy atom. The van der Waals surface area contributed by atoms with Crippen LogP contribution in [0.5, 0.6) is 11.6 Å². The van der Waals surface area contributed by atoms with E-state index in [1.165, 1.54) is 4.63 Å². The lowest BCUT2D eigenvalue weighted by Crippen LogP contribution is -2.01. The second-order valence-corrected chi connectivity index (χ2v) is 5.02. The number of ether oxygens (including phenoxy) is 1. The second-order valence-electron chi connectivity index (χ2n) is 5.02. The fraction of sp³-hybridized carbons (Fsp3) is 0. The van der Waals surface area contributed by atoms with E-state index in [-0.39, 0.29) is 5.78 Å². The Kier molecular flexibility index (Phi) is 3.43. The van der Waals surface area contributed by atoms with Crippen molar-refractivity contribution in [3.05, 3.63) is 77.9 Å². The van der Waals surface area contributed by atoms with Crippen LogP contribution in [0.25, 0.3) is 5.65 Å². The van der Waals surface area contributed by atoms with Crippen molar-refractivity contribution >= 4 is 11.4 Å². The molecule has 116 valence electrons. The summed E-state index contributed by atoms with van der Waals surface area (Å²) in [6.45, 7) is 0. The van der Waals surface area contributed by atoms with Crippen LogP contribution in [0.15, 0.2) is 66.7 Å². The van der Waals surface area contributed by atoms with Crippen LogP contribution < -0.4 is 4.74 Å². The molecule has 0 aliphatic carbocycles. The molecule has 4 rings (SSSR count). The Balaban J connectivity index is 1.54. The van der Waals surface area contributed by atoms with Crippen LogP contribution in [0, 0.1) is 0 Å². The highest BCUT2D eigenvalue weighted by atomic mass is 16.5. The van der Waals surface area contributed by atoms with E-state index >= 15 is 0 Å². The standard InChI is InChI=1S/C17H11N5O2/c23-17(12-4-2-1-3-5-12)13-6-8-14(9-7-13)24-16-11-10-15-18-20-21-22(15)19-16/h1-11H. The smallest absolute Gasteiger partial charge is 0.239 e. The van der Waals surface area contributed by atoms with Crippen LogP contribution in [-0.2, 0) is 0 Å². The Morgan fingerprint density at radius 3 is 2.42 bits per heavy atom. The molecule has 2 aromatic carbocycles. The lowest BCUT2D eigenvalue weighted by molar-refractivity contribution is 0.103. The first-order valence-electron chi connectivity index (χ1n) is 7.23. The van der Waals surface area contributed by atoms with E-state index in [4.69, 9.17) is 4.74 Å². The van der Waals surface area contributed by atoms with Crippen molar-refractivity contribution in [2.75, 3.05) is 0 Å². The predicted molar refractivity (Wildman–Crippen MR) is 85.0 cm³/mol. The zero-order valence-electron chi connectivity index (χ0n) is 12.4. The summed E-state index contributed by atoms with van der Waals surface area (Å²) in [7, 11) is 0. The highest BCUT2D eigenvalue weighted by Gasteiger charge is 2.09. The topological polar surface area (TPSA) is 82.3 Å². The van der Waals surface area contributed by atoms with Gasteiger partial charge in [0.1, 0.15) is 5.75 Å². The quantitative estimate of drug-likeness (QED) is 0.538. The molecule has 4 aromatic rings. The van der Waals surface area contributed by atoms with Crippen molar-refractivity contribution in [2.45, 2.75) is 0 Å². The maximum absolute atomic E-state index is 12.4. The molecule has 7 heteroatoms. The summed E-state index contributed by atoms with van der Waals surface area (Å²) in [5, 5.41) is 15.1. The third-order valence-electron chi connectivity index (χ3n) is 3.42. The highest BCUT2D eigenvalue weighted by Crippen LogP contribution is 2.20. The van der Waals surface area contributed by atoms with Crippen molar-refractivity contribution in [1.82, 2.24) is 25.3 Å². The van der Waals surface area contributed by atoms with E-state index in [1.54, 1.807) is 48.5 Å². The SMILES string of the molecule is O=C(c1ccccc1)c1ccc(Oc2ccc3nnnn3n2)cc1. The molecule has 0 radical (unpaired) electrons. The largest absolute Gasteiger partial charge is 0.438 e. The third kappa shape index (κ3) is 2.70. The van der Waals surface area contributed by atoms with Crippen LogP contribution in [0.4, 0.5) is 0 Å². The van der Waals surface area contributed by atoms with E-state index < -0.39 is 0 Å². The molecule has 0 amide bonds. The minimum absolute atomic E-state index is 0.0321. The Hall–Kier alpha value is -3.61. The number of rotatable bonds is 4. The van der Waals surface area contributed by atoms with Gasteiger partial charge in [0.25, 0.3) is 0 Å². The average Bonchev–Trinajstić information content (AvgIpc) is 3.10. The summed E-state index contributed by atoms with van der Waals surface area (Å²) in [4.78, 5) is 12.4. The van der Waals surface area contributed by atoms with E-state index in [2.05, 4.69) is 20.6 Å². The van der Waals surface area contributed by atoms with E-state index in [1.807, 2.05) is 18.2 Å². The molecule has 0 aliphatic heterocycles. The molecule has 0 spiro atoms. The molecule has 2 aromatic heterocycles. The van der Waals surface area contributed by atoms with Gasteiger partial charge in [-0.2, -0.15) is 0 Å². The first kappa shape index (κ1) is 14.0. The summed E-state index contributed by atoms with van der Waals surface area (Å²) >= 11 is 0. The average molecular weight is 317 g/mol. The maximum atomic E-state index is 12.4. The zero-order valence-corrected chi connectivity index (χ0v) is 12.4. The van der Waals surface area contributed by atoms with Gasteiger partial charge < -0.3 is 4.74 Å². The van der Waals surface area contributed by atoms with Crippen LogP contribution in [-0.4, -0.2) is 31.0 Å². The summed E-state index contributed by atoms with van der Waals surface area (Å²) in [6.07, 6.45) is 0. The fourth-order valence-electron chi connectivity index (χ4n) is 2.24. The van der Waals surface area contributed by atoms with Gasteiger partial charge in [0, 0.05) is 17.2 Å². The van der Waals surface area contributed by atoms with E-state index in [0.29, 0.717) is 28.4 Å². The highest BCUT2D eigenvalue weighted by molar-refractivity contribution is 6.08. The summed E-state index contributed by atoms with van der Waals surface area (Å²) in [6, 6.07) is 19.4.